The molecule has 130 valence electrons. The van der Waals surface area contributed by atoms with Gasteiger partial charge >= 0.3 is 0 Å². The summed E-state index contributed by atoms with van der Waals surface area (Å²) in [6.45, 7) is 0. The Kier molecular flexibility index (Phi) is 4.87. The van der Waals surface area contributed by atoms with Gasteiger partial charge in [-0.25, -0.2) is 4.98 Å². The number of aryl methyl sites for hydroxylation is 2. The lowest BCUT2D eigenvalue weighted by Crippen LogP contribution is -2.07. The maximum atomic E-state index is 12.1. The van der Waals surface area contributed by atoms with Gasteiger partial charge in [0, 0.05) is 22.0 Å². The van der Waals surface area contributed by atoms with Gasteiger partial charge in [0.25, 0.3) is 0 Å². The van der Waals surface area contributed by atoms with Crippen LogP contribution in [0.1, 0.15) is 23.1 Å². The predicted molar refractivity (Wildman–Crippen MR) is 109 cm³/mol. The molecule has 1 N–H and O–H groups in total. The third-order valence-corrected chi connectivity index (χ3v) is 5.55. The lowest BCUT2D eigenvalue weighted by molar-refractivity contribution is -0.111. The number of halogens is 1. The molecule has 0 fully saturated rings. The molecule has 0 saturated carbocycles. The van der Waals surface area contributed by atoms with E-state index in [1.54, 1.807) is 12.1 Å². The average molecular weight is 381 g/mol. The third-order valence-electron chi connectivity index (χ3n) is 4.45. The molecule has 3 aromatic rings. The number of nitrogens with one attached hydrogen (secondary N) is 1. The van der Waals surface area contributed by atoms with Gasteiger partial charge in [-0.2, -0.15) is 0 Å². The van der Waals surface area contributed by atoms with Crippen molar-refractivity contribution in [1.29, 1.82) is 0 Å². The molecule has 1 heterocycles. The summed E-state index contributed by atoms with van der Waals surface area (Å²) >= 11 is 7.51. The Morgan fingerprint density at radius 3 is 2.88 bits per heavy atom. The minimum absolute atomic E-state index is 0.222. The van der Waals surface area contributed by atoms with Gasteiger partial charge in [-0.15, -0.1) is 11.3 Å². The molecule has 1 aliphatic carbocycles. The maximum absolute atomic E-state index is 12.1. The van der Waals surface area contributed by atoms with Crippen LogP contribution in [0, 0.1) is 0 Å². The van der Waals surface area contributed by atoms with Crippen LogP contribution in [0.4, 0.5) is 5.13 Å². The number of nitrogens with zero attached hydrogens (tertiary/aromatic N) is 1. The highest BCUT2D eigenvalue weighted by atomic mass is 35.5. The van der Waals surface area contributed by atoms with Crippen molar-refractivity contribution in [1.82, 2.24) is 4.98 Å². The summed E-state index contributed by atoms with van der Waals surface area (Å²) in [5.74, 6) is -0.222. The minimum atomic E-state index is -0.222. The van der Waals surface area contributed by atoms with Crippen LogP contribution in [0.3, 0.4) is 0 Å². The van der Waals surface area contributed by atoms with Crippen molar-refractivity contribution in [3.63, 3.8) is 0 Å². The number of thiazole rings is 1. The molecule has 5 heteroatoms. The quantitative estimate of drug-likeness (QED) is 0.598. The lowest BCUT2D eigenvalue weighted by atomic mass is 10.1. The molecule has 1 aromatic heterocycles. The zero-order chi connectivity index (χ0) is 17.9. The zero-order valence-electron chi connectivity index (χ0n) is 14.0. The fourth-order valence-corrected chi connectivity index (χ4v) is 4.04. The first-order chi connectivity index (χ1) is 12.7. The summed E-state index contributed by atoms with van der Waals surface area (Å²) in [7, 11) is 0. The average Bonchev–Trinajstić information content (AvgIpc) is 3.29. The molecule has 0 unspecified atom stereocenters. The number of amides is 1. The fourth-order valence-electron chi connectivity index (χ4n) is 3.12. The molecule has 1 aliphatic rings. The van der Waals surface area contributed by atoms with Gasteiger partial charge in [0.15, 0.2) is 5.13 Å². The number of fused-ring (bicyclic) bond motifs is 1. The first-order valence-corrected chi connectivity index (χ1v) is 9.76. The number of benzene rings is 2. The first-order valence-electron chi connectivity index (χ1n) is 8.50. The second kappa shape index (κ2) is 7.44. The highest BCUT2D eigenvalue weighted by molar-refractivity contribution is 7.14. The van der Waals surface area contributed by atoms with E-state index in [4.69, 9.17) is 11.6 Å². The van der Waals surface area contributed by atoms with Crippen molar-refractivity contribution in [3.05, 3.63) is 75.6 Å². The number of hydrogen-bond donors (Lipinski definition) is 1. The van der Waals surface area contributed by atoms with E-state index in [-0.39, 0.29) is 5.91 Å². The molecule has 2 aromatic carbocycles. The van der Waals surface area contributed by atoms with E-state index in [0.29, 0.717) is 10.2 Å². The second-order valence-corrected chi connectivity index (χ2v) is 7.48. The van der Waals surface area contributed by atoms with Crippen LogP contribution in [0.5, 0.6) is 0 Å². The molecule has 0 spiro atoms. The molecule has 26 heavy (non-hydrogen) atoms. The number of rotatable bonds is 4. The minimum Gasteiger partial charge on any atom is -0.298 e. The molecule has 0 saturated heterocycles. The maximum Gasteiger partial charge on any atom is 0.250 e. The van der Waals surface area contributed by atoms with Crippen molar-refractivity contribution in [2.24, 2.45) is 0 Å². The Morgan fingerprint density at radius 2 is 2.00 bits per heavy atom. The fraction of sp³-hybridized carbons (Fsp3) is 0.143. The van der Waals surface area contributed by atoms with Crippen molar-refractivity contribution in [2.75, 3.05) is 5.32 Å². The van der Waals surface area contributed by atoms with Gasteiger partial charge < -0.3 is 0 Å². The molecule has 4 rings (SSSR count). The molecule has 0 atom stereocenters. The Balaban J connectivity index is 1.45. The standard InChI is InChI=1S/C21H17ClN2OS/c22-18-7-2-1-4-15(18)10-11-20(25)24-21-23-19(13-26-21)17-9-8-14-5-3-6-16(14)12-17/h1-2,4,7-13H,3,5-6H2,(H,23,24,25)/b11-10+. The van der Waals surface area contributed by atoms with Crippen LogP contribution in [-0.4, -0.2) is 10.9 Å². The summed E-state index contributed by atoms with van der Waals surface area (Å²) in [5.41, 5.74) is 5.68. The number of hydrogen-bond acceptors (Lipinski definition) is 3. The summed E-state index contributed by atoms with van der Waals surface area (Å²) in [6, 6.07) is 13.9. The van der Waals surface area contributed by atoms with Gasteiger partial charge in [0.05, 0.1) is 5.69 Å². The number of carbonyl (C=O) groups excluding carboxylic acids is 1. The Morgan fingerprint density at radius 1 is 1.15 bits per heavy atom. The van der Waals surface area contributed by atoms with E-state index >= 15 is 0 Å². The predicted octanol–water partition coefficient (Wildman–Crippen LogP) is 5.60. The summed E-state index contributed by atoms with van der Waals surface area (Å²) < 4.78 is 0. The van der Waals surface area contributed by atoms with Gasteiger partial charge in [0.1, 0.15) is 0 Å². The molecular weight excluding hydrogens is 364 g/mol. The second-order valence-electron chi connectivity index (χ2n) is 6.22. The summed E-state index contributed by atoms with van der Waals surface area (Å²) in [4.78, 5) is 16.7. The lowest BCUT2D eigenvalue weighted by Gasteiger charge is -2.02. The number of aromatic nitrogens is 1. The van der Waals surface area contributed by atoms with Gasteiger partial charge in [-0.05, 0) is 54.2 Å². The van der Waals surface area contributed by atoms with Crippen LogP contribution < -0.4 is 5.32 Å². The van der Waals surface area contributed by atoms with E-state index in [1.807, 2.05) is 23.6 Å². The Labute approximate surface area is 161 Å². The van der Waals surface area contributed by atoms with Crippen molar-refractivity contribution in [3.8, 4) is 11.3 Å². The third kappa shape index (κ3) is 3.71. The normalized spacial score (nSPS) is 13.1. The van der Waals surface area contributed by atoms with Gasteiger partial charge in [0.2, 0.25) is 5.91 Å². The van der Waals surface area contributed by atoms with E-state index in [1.165, 1.54) is 41.4 Å². The molecule has 1 amide bonds. The van der Waals surface area contributed by atoms with Gasteiger partial charge in [-0.1, -0.05) is 41.9 Å². The van der Waals surface area contributed by atoms with Crippen LogP contribution in [0.25, 0.3) is 17.3 Å². The molecular formula is C21H17ClN2OS. The summed E-state index contributed by atoms with van der Waals surface area (Å²) in [5, 5.41) is 6.00. The zero-order valence-corrected chi connectivity index (χ0v) is 15.6. The topological polar surface area (TPSA) is 42.0 Å². The Hall–Kier alpha value is -2.43. The van der Waals surface area contributed by atoms with Crippen LogP contribution in [0.2, 0.25) is 5.02 Å². The summed E-state index contributed by atoms with van der Waals surface area (Å²) in [6.07, 6.45) is 6.72. The van der Waals surface area contributed by atoms with Crippen LogP contribution in [0.15, 0.2) is 53.9 Å². The number of carbonyl (C=O) groups is 1. The molecule has 0 aliphatic heterocycles. The molecule has 3 nitrogen and oxygen atoms in total. The van der Waals surface area contributed by atoms with Gasteiger partial charge in [-0.3, -0.25) is 10.1 Å². The largest absolute Gasteiger partial charge is 0.298 e. The van der Waals surface area contributed by atoms with Crippen LogP contribution >= 0.6 is 22.9 Å². The van der Waals surface area contributed by atoms with E-state index < -0.39 is 0 Å². The van der Waals surface area contributed by atoms with E-state index in [2.05, 4.69) is 28.5 Å². The highest BCUT2D eigenvalue weighted by Crippen LogP contribution is 2.30. The first kappa shape index (κ1) is 17.0. The SMILES string of the molecule is O=C(/C=C/c1ccccc1Cl)Nc1nc(-c2ccc3c(c2)CCC3)cs1. The van der Waals surface area contributed by atoms with Crippen molar-refractivity contribution in [2.45, 2.75) is 19.3 Å². The highest BCUT2D eigenvalue weighted by Gasteiger charge is 2.13. The monoisotopic (exact) mass is 380 g/mol. The van der Waals surface area contributed by atoms with Crippen LogP contribution in [-0.2, 0) is 17.6 Å². The number of anilines is 1. The van der Waals surface area contributed by atoms with Crippen molar-refractivity contribution < 1.29 is 4.79 Å². The van der Waals surface area contributed by atoms with E-state index in [0.717, 1.165) is 23.2 Å². The molecule has 0 bridgehead atoms. The molecule has 0 radical (unpaired) electrons. The Bertz CT molecular complexity index is 993. The smallest absolute Gasteiger partial charge is 0.250 e. The van der Waals surface area contributed by atoms with E-state index in [9.17, 15) is 4.79 Å². The van der Waals surface area contributed by atoms with Crippen molar-refractivity contribution >= 4 is 40.1 Å².